The van der Waals surface area contributed by atoms with Crippen LogP contribution in [-0.4, -0.2) is 33.3 Å². The van der Waals surface area contributed by atoms with Crippen molar-refractivity contribution in [1.82, 2.24) is 0 Å². The van der Waals surface area contributed by atoms with Crippen LogP contribution in [0.5, 0.6) is 0 Å². The third-order valence-corrected chi connectivity index (χ3v) is 6.53. The molecule has 1 aromatic carbocycles. The lowest BCUT2D eigenvalue weighted by Crippen LogP contribution is -2.54. The quantitative estimate of drug-likeness (QED) is 0.597. The number of carbonyl (C=O) groups is 1. The van der Waals surface area contributed by atoms with Crippen molar-refractivity contribution in [2.45, 2.75) is 33.8 Å². The molecule has 1 aliphatic carbocycles. The predicted molar refractivity (Wildman–Crippen MR) is 104 cm³/mol. The third-order valence-electron chi connectivity index (χ3n) is 6.53. The molecule has 1 heterocycles. The standard InChI is InChI=1S/C22H31NO3/c1-14-11-15(2)22(12-25-17(4)24)13-26-21(20(14)16(22)3)18-7-9-19(10-8-18)23(5)6/h7-11,15-16,20-21H,12-13H2,1-6H3/t15?,16?,20-,21?,22-/m1/s1. The lowest BCUT2D eigenvalue weighted by molar-refractivity contribution is -0.180. The minimum Gasteiger partial charge on any atom is -0.465 e. The van der Waals surface area contributed by atoms with E-state index in [9.17, 15) is 4.79 Å². The highest BCUT2D eigenvalue weighted by Gasteiger charge is 2.54. The van der Waals surface area contributed by atoms with Crippen LogP contribution < -0.4 is 4.90 Å². The van der Waals surface area contributed by atoms with Gasteiger partial charge in [0.05, 0.1) is 19.3 Å². The van der Waals surface area contributed by atoms with E-state index in [-0.39, 0.29) is 17.5 Å². The van der Waals surface area contributed by atoms with Crippen LogP contribution in [0.4, 0.5) is 5.69 Å². The number of allylic oxidation sites excluding steroid dienone is 1. The molecule has 1 aromatic rings. The van der Waals surface area contributed by atoms with Crippen molar-refractivity contribution < 1.29 is 14.3 Å². The molecule has 1 aliphatic heterocycles. The minimum atomic E-state index is -0.219. The van der Waals surface area contributed by atoms with Crippen molar-refractivity contribution in [3.8, 4) is 0 Å². The zero-order chi connectivity index (χ0) is 19.1. The molecule has 0 radical (unpaired) electrons. The van der Waals surface area contributed by atoms with Gasteiger partial charge in [-0.25, -0.2) is 0 Å². The van der Waals surface area contributed by atoms with E-state index >= 15 is 0 Å². The first-order valence-electron chi connectivity index (χ1n) is 9.47. The molecule has 0 amide bonds. The molecule has 5 atom stereocenters. The zero-order valence-corrected chi connectivity index (χ0v) is 16.8. The van der Waals surface area contributed by atoms with Gasteiger partial charge in [-0.05, 0) is 36.5 Å². The monoisotopic (exact) mass is 357 g/mol. The van der Waals surface area contributed by atoms with E-state index in [1.807, 2.05) is 14.1 Å². The average Bonchev–Trinajstić information content (AvgIpc) is 2.59. The third kappa shape index (κ3) is 3.16. The Morgan fingerprint density at radius 3 is 2.50 bits per heavy atom. The SMILES string of the molecule is CC(=O)OC[C@@]12COC(c3ccc(N(C)C)cc3)[C@H](C(C)=CC1C)C2C. The first-order chi connectivity index (χ1) is 12.3. The summed E-state index contributed by atoms with van der Waals surface area (Å²) in [5.41, 5.74) is 3.64. The van der Waals surface area contributed by atoms with Gasteiger partial charge >= 0.3 is 5.97 Å². The molecule has 0 saturated carbocycles. The zero-order valence-electron chi connectivity index (χ0n) is 16.8. The number of nitrogens with zero attached hydrogens (tertiary/aromatic N) is 1. The molecule has 26 heavy (non-hydrogen) atoms. The van der Waals surface area contributed by atoms with E-state index < -0.39 is 0 Å². The molecular weight excluding hydrogens is 326 g/mol. The molecule has 2 aliphatic rings. The van der Waals surface area contributed by atoms with Gasteiger partial charge in [0.15, 0.2) is 0 Å². The van der Waals surface area contributed by atoms with Crippen molar-refractivity contribution in [1.29, 1.82) is 0 Å². The van der Waals surface area contributed by atoms with Gasteiger partial charge in [-0.2, -0.15) is 0 Å². The largest absolute Gasteiger partial charge is 0.465 e. The fraction of sp³-hybridized carbons (Fsp3) is 0.591. The Balaban J connectivity index is 1.91. The Bertz CT molecular complexity index is 694. The number of hydrogen-bond acceptors (Lipinski definition) is 4. The van der Waals surface area contributed by atoms with E-state index in [4.69, 9.17) is 9.47 Å². The molecule has 1 fully saturated rings. The molecule has 0 spiro atoms. The predicted octanol–water partition coefficient (Wildman–Crippen LogP) is 4.22. The summed E-state index contributed by atoms with van der Waals surface area (Å²) in [6, 6.07) is 8.65. The molecule has 4 nitrogen and oxygen atoms in total. The summed E-state index contributed by atoms with van der Waals surface area (Å²) in [6.45, 7) is 9.25. The number of anilines is 1. The van der Waals surface area contributed by atoms with Gasteiger partial charge in [0.1, 0.15) is 0 Å². The Hall–Kier alpha value is -1.81. The van der Waals surface area contributed by atoms with Crippen molar-refractivity contribution in [2.75, 3.05) is 32.2 Å². The second-order valence-electron chi connectivity index (χ2n) is 8.24. The molecular formula is C22H31NO3. The summed E-state index contributed by atoms with van der Waals surface area (Å²) in [4.78, 5) is 13.5. The molecule has 3 unspecified atom stereocenters. The van der Waals surface area contributed by atoms with E-state index in [2.05, 4.69) is 56.0 Å². The van der Waals surface area contributed by atoms with Crippen molar-refractivity contribution in [2.24, 2.45) is 23.2 Å². The molecule has 3 rings (SSSR count). The average molecular weight is 357 g/mol. The summed E-state index contributed by atoms with van der Waals surface area (Å²) < 4.78 is 11.9. The lowest BCUT2D eigenvalue weighted by Gasteiger charge is -2.55. The first-order valence-corrected chi connectivity index (χ1v) is 9.47. The number of hydrogen-bond donors (Lipinski definition) is 0. The van der Waals surface area contributed by atoms with Crippen LogP contribution >= 0.6 is 0 Å². The Labute approximate surface area is 157 Å². The van der Waals surface area contributed by atoms with Gasteiger partial charge < -0.3 is 14.4 Å². The molecule has 2 bridgehead atoms. The molecule has 0 aromatic heterocycles. The van der Waals surface area contributed by atoms with Crippen LogP contribution in [0, 0.1) is 23.2 Å². The van der Waals surface area contributed by atoms with Crippen molar-refractivity contribution >= 4 is 11.7 Å². The Kier molecular flexibility index (Phi) is 5.16. The van der Waals surface area contributed by atoms with Gasteiger partial charge in [0.25, 0.3) is 0 Å². The number of ether oxygens (including phenoxy) is 2. The summed E-state index contributed by atoms with van der Waals surface area (Å²) in [6.07, 6.45) is 2.41. The van der Waals surface area contributed by atoms with Gasteiger partial charge in [-0.15, -0.1) is 0 Å². The molecule has 142 valence electrons. The minimum absolute atomic E-state index is 0.0513. The maximum Gasteiger partial charge on any atom is 0.302 e. The van der Waals surface area contributed by atoms with Crippen molar-refractivity contribution in [3.63, 3.8) is 0 Å². The van der Waals surface area contributed by atoms with Crippen LogP contribution in [0.15, 0.2) is 35.9 Å². The van der Waals surface area contributed by atoms with E-state index in [1.165, 1.54) is 23.7 Å². The number of esters is 1. The van der Waals surface area contributed by atoms with E-state index in [0.29, 0.717) is 31.0 Å². The second-order valence-corrected chi connectivity index (χ2v) is 8.24. The fourth-order valence-corrected chi connectivity index (χ4v) is 4.76. The van der Waals surface area contributed by atoms with Gasteiger partial charge in [0, 0.05) is 38.0 Å². The van der Waals surface area contributed by atoms with Crippen LogP contribution in [-0.2, 0) is 14.3 Å². The van der Waals surface area contributed by atoms with Crippen LogP contribution in [0.25, 0.3) is 0 Å². The summed E-state index contributed by atoms with van der Waals surface area (Å²) >= 11 is 0. The number of benzene rings is 1. The highest BCUT2D eigenvalue weighted by Crippen LogP contribution is 2.56. The maximum atomic E-state index is 11.4. The van der Waals surface area contributed by atoms with Crippen LogP contribution in [0.1, 0.15) is 39.4 Å². The van der Waals surface area contributed by atoms with Gasteiger partial charge in [-0.1, -0.05) is 37.6 Å². The van der Waals surface area contributed by atoms with Crippen LogP contribution in [0.3, 0.4) is 0 Å². The number of carbonyl (C=O) groups excluding carboxylic acids is 1. The highest BCUT2D eigenvalue weighted by atomic mass is 16.5. The van der Waals surface area contributed by atoms with Crippen LogP contribution in [0.2, 0.25) is 0 Å². The van der Waals surface area contributed by atoms with Crippen molar-refractivity contribution in [3.05, 3.63) is 41.5 Å². The smallest absolute Gasteiger partial charge is 0.302 e. The molecule has 0 N–H and O–H groups in total. The summed E-state index contributed by atoms with van der Waals surface area (Å²) in [5.74, 6) is 0.794. The lowest BCUT2D eigenvalue weighted by atomic mass is 9.56. The first kappa shape index (κ1) is 19.0. The molecule has 1 saturated heterocycles. The summed E-state index contributed by atoms with van der Waals surface area (Å²) in [5, 5.41) is 0. The highest BCUT2D eigenvalue weighted by molar-refractivity contribution is 5.66. The Morgan fingerprint density at radius 1 is 1.27 bits per heavy atom. The van der Waals surface area contributed by atoms with Gasteiger partial charge in [-0.3, -0.25) is 4.79 Å². The number of rotatable bonds is 4. The van der Waals surface area contributed by atoms with E-state index in [0.717, 1.165) is 0 Å². The van der Waals surface area contributed by atoms with Gasteiger partial charge in [0.2, 0.25) is 0 Å². The fourth-order valence-electron chi connectivity index (χ4n) is 4.76. The topological polar surface area (TPSA) is 38.8 Å². The second kappa shape index (κ2) is 7.07. The maximum absolute atomic E-state index is 11.4. The normalized spacial score (nSPS) is 33.4. The summed E-state index contributed by atoms with van der Waals surface area (Å²) in [7, 11) is 4.10. The number of fused-ring (bicyclic) bond motifs is 2. The Morgan fingerprint density at radius 2 is 1.92 bits per heavy atom. The van der Waals surface area contributed by atoms with E-state index in [1.54, 1.807) is 0 Å². The molecule has 4 heteroatoms.